The number of hydrogen-bond acceptors (Lipinski definition) is 3. The molecule has 1 atom stereocenters. The first-order valence-electron chi connectivity index (χ1n) is 6.46. The zero-order chi connectivity index (χ0) is 11.8. The van der Waals surface area contributed by atoms with Crippen LogP contribution < -0.4 is 4.90 Å². The van der Waals surface area contributed by atoms with Crippen molar-refractivity contribution in [2.24, 2.45) is 5.92 Å². The van der Waals surface area contributed by atoms with Crippen molar-refractivity contribution < 1.29 is 0 Å². The predicted molar refractivity (Wildman–Crippen MR) is 67.0 cm³/mol. The van der Waals surface area contributed by atoms with Crippen LogP contribution >= 0.6 is 0 Å². The maximum absolute atomic E-state index is 9.26. The van der Waals surface area contributed by atoms with Gasteiger partial charge in [0.2, 0.25) is 0 Å². The van der Waals surface area contributed by atoms with E-state index in [1.165, 1.54) is 24.1 Å². The molecule has 0 aromatic carbocycles. The molecule has 0 radical (unpaired) electrons. The third-order valence-corrected chi connectivity index (χ3v) is 3.87. The first-order chi connectivity index (χ1) is 8.28. The molecule has 3 nitrogen and oxygen atoms in total. The predicted octanol–water partition coefficient (Wildman–Crippen LogP) is 2.29. The van der Waals surface area contributed by atoms with Crippen molar-refractivity contribution in [1.82, 2.24) is 4.98 Å². The van der Waals surface area contributed by atoms with E-state index in [4.69, 9.17) is 4.98 Å². The van der Waals surface area contributed by atoms with Crippen molar-refractivity contribution in [1.29, 1.82) is 5.26 Å². The van der Waals surface area contributed by atoms with Crippen molar-refractivity contribution in [3.05, 3.63) is 22.9 Å². The van der Waals surface area contributed by atoms with E-state index in [1.54, 1.807) is 0 Å². The normalized spacial score (nSPS) is 22.6. The van der Waals surface area contributed by atoms with Crippen LogP contribution in [0.25, 0.3) is 0 Å². The molecule has 0 bridgehead atoms. The quantitative estimate of drug-likeness (QED) is 0.739. The van der Waals surface area contributed by atoms with Crippen LogP contribution in [-0.4, -0.2) is 18.1 Å². The van der Waals surface area contributed by atoms with Crippen LogP contribution in [0.1, 0.15) is 36.6 Å². The van der Waals surface area contributed by atoms with Gasteiger partial charge in [-0.15, -0.1) is 0 Å². The molecule has 2 aliphatic rings. The van der Waals surface area contributed by atoms with Gasteiger partial charge in [-0.2, -0.15) is 5.26 Å². The van der Waals surface area contributed by atoms with Crippen LogP contribution in [0.3, 0.4) is 0 Å². The summed E-state index contributed by atoms with van der Waals surface area (Å²) in [4.78, 5) is 7.02. The molecule has 3 rings (SSSR count). The van der Waals surface area contributed by atoms with E-state index in [0.717, 1.165) is 43.2 Å². The van der Waals surface area contributed by atoms with Gasteiger partial charge in [-0.1, -0.05) is 6.92 Å². The summed E-state index contributed by atoms with van der Waals surface area (Å²) in [6.45, 7) is 4.35. The van der Waals surface area contributed by atoms with E-state index in [2.05, 4.69) is 24.0 Å². The molecule has 17 heavy (non-hydrogen) atoms. The van der Waals surface area contributed by atoms with Gasteiger partial charge < -0.3 is 4.90 Å². The molecular formula is C14H17N3. The molecule has 1 aliphatic carbocycles. The Bertz CT molecular complexity index is 487. The number of nitrogens with zero attached hydrogens (tertiary/aromatic N) is 3. The second-order valence-corrected chi connectivity index (χ2v) is 5.27. The highest BCUT2D eigenvalue weighted by atomic mass is 15.2. The molecule has 1 unspecified atom stereocenters. The maximum Gasteiger partial charge on any atom is 0.146 e. The molecule has 0 amide bonds. The molecule has 1 aliphatic heterocycles. The topological polar surface area (TPSA) is 39.9 Å². The van der Waals surface area contributed by atoms with Gasteiger partial charge in [-0.3, -0.25) is 0 Å². The van der Waals surface area contributed by atoms with Gasteiger partial charge in [-0.05, 0) is 43.2 Å². The first-order valence-corrected chi connectivity index (χ1v) is 6.46. The van der Waals surface area contributed by atoms with Crippen LogP contribution in [0, 0.1) is 17.2 Å². The Morgan fingerprint density at radius 1 is 1.47 bits per heavy atom. The molecule has 2 heterocycles. The number of nitriles is 1. The van der Waals surface area contributed by atoms with E-state index in [0.29, 0.717) is 0 Å². The number of aryl methyl sites for hydroxylation is 2. The fourth-order valence-electron chi connectivity index (χ4n) is 2.91. The molecule has 1 aromatic rings. The highest BCUT2D eigenvalue weighted by molar-refractivity contribution is 5.57. The molecule has 1 fully saturated rings. The summed E-state index contributed by atoms with van der Waals surface area (Å²) in [5.74, 6) is 1.65. The Morgan fingerprint density at radius 3 is 3.06 bits per heavy atom. The van der Waals surface area contributed by atoms with Gasteiger partial charge in [0, 0.05) is 18.8 Å². The Hall–Kier alpha value is -1.56. The molecule has 1 aromatic heterocycles. The third-order valence-electron chi connectivity index (χ3n) is 3.87. The minimum Gasteiger partial charge on any atom is -0.355 e. The smallest absolute Gasteiger partial charge is 0.146 e. The lowest BCUT2D eigenvalue weighted by molar-refractivity contribution is 0.658. The first kappa shape index (κ1) is 10.6. The Morgan fingerprint density at radius 2 is 2.35 bits per heavy atom. The fraction of sp³-hybridized carbons (Fsp3) is 0.571. The van der Waals surface area contributed by atoms with Crippen molar-refractivity contribution >= 4 is 5.82 Å². The highest BCUT2D eigenvalue weighted by Gasteiger charge is 2.24. The Balaban J connectivity index is 2.01. The monoisotopic (exact) mass is 227 g/mol. The van der Waals surface area contributed by atoms with Crippen molar-refractivity contribution in [3.8, 4) is 6.07 Å². The molecule has 88 valence electrons. The number of aromatic nitrogens is 1. The van der Waals surface area contributed by atoms with E-state index in [1.807, 2.05) is 0 Å². The number of hydrogen-bond donors (Lipinski definition) is 0. The van der Waals surface area contributed by atoms with Crippen LogP contribution in [0.4, 0.5) is 5.82 Å². The van der Waals surface area contributed by atoms with Gasteiger partial charge in [-0.25, -0.2) is 4.98 Å². The average molecular weight is 227 g/mol. The molecular weight excluding hydrogens is 210 g/mol. The second-order valence-electron chi connectivity index (χ2n) is 5.27. The van der Waals surface area contributed by atoms with E-state index >= 15 is 0 Å². The standard InChI is InChI=1S/C14H17N3/c1-10-5-6-17(9-10)14-12(8-15)7-11-3-2-4-13(11)16-14/h7,10H,2-6,9H2,1H3. The summed E-state index contributed by atoms with van der Waals surface area (Å²) >= 11 is 0. The summed E-state index contributed by atoms with van der Waals surface area (Å²) in [5.41, 5.74) is 3.27. The van der Waals surface area contributed by atoms with Crippen molar-refractivity contribution in [2.45, 2.75) is 32.6 Å². The minimum absolute atomic E-state index is 0.719. The summed E-state index contributed by atoms with van der Waals surface area (Å²) < 4.78 is 0. The van der Waals surface area contributed by atoms with Gasteiger partial charge in [0.15, 0.2) is 0 Å². The summed E-state index contributed by atoms with van der Waals surface area (Å²) in [6, 6.07) is 4.38. The SMILES string of the molecule is CC1CCN(c2nc3c(cc2C#N)CCC3)C1. The average Bonchev–Trinajstić information content (AvgIpc) is 2.94. The number of anilines is 1. The number of pyridine rings is 1. The van der Waals surface area contributed by atoms with Crippen LogP contribution in [-0.2, 0) is 12.8 Å². The number of rotatable bonds is 1. The van der Waals surface area contributed by atoms with Crippen LogP contribution in [0.2, 0.25) is 0 Å². The Labute approximate surface area is 102 Å². The van der Waals surface area contributed by atoms with Gasteiger partial charge in [0.25, 0.3) is 0 Å². The van der Waals surface area contributed by atoms with Gasteiger partial charge >= 0.3 is 0 Å². The van der Waals surface area contributed by atoms with Gasteiger partial charge in [0.05, 0.1) is 5.56 Å². The molecule has 0 spiro atoms. The van der Waals surface area contributed by atoms with Crippen molar-refractivity contribution in [3.63, 3.8) is 0 Å². The molecule has 1 saturated heterocycles. The lowest BCUT2D eigenvalue weighted by Crippen LogP contribution is -2.22. The maximum atomic E-state index is 9.26. The molecule has 0 saturated carbocycles. The highest BCUT2D eigenvalue weighted by Crippen LogP contribution is 2.29. The minimum atomic E-state index is 0.719. The van der Waals surface area contributed by atoms with Gasteiger partial charge in [0.1, 0.15) is 11.9 Å². The largest absolute Gasteiger partial charge is 0.355 e. The Kier molecular flexibility index (Phi) is 2.51. The lowest BCUT2D eigenvalue weighted by Gasteiger charge is -2.19. The fourth-order valence-corrected chi connectivity index (χ4v) is 2.91. The second kappa shape index (κ2) is 4.03. The summed E-state index contributed by atoms with van der Waals surface area (Å²) in [5, 5.41) is 9.26. The van der Waals surface area contributed by atoms with E-state index in [9.17, 15) is 5.26 Å². The van der Waals surface area contributed by atoms with E-state index < -0.39 is 0 Å². The van der Waals surface area contributed by atoms with E-state index in [-0.39, 0.29) is 0 Å². The van der Waals surface area contributed by atoms with Crippen LogP contribution in [0.5, 0.6) is 0 Å². The zero-order valence-electron chi connectivity index (χ0n) is 10.2. The third kappa shape index (κ3) is 1.78. The molecule has 0 N–H and O–H groups in total. The van der Waals surface area contributed by atoms with Crippen molar-refractivity contribution in [2.75, 3.05) is 18.0 Å². The zero-order valence-corrected chi connectivity index (χ0v) is 10.2. The van der Waals surface area contributed by atoms with Crippen LogP contribution in [0.15, 0.2) is 6.07 Å². The molecule has 3 heteroatoms. The lowest BCUT2D eigenvalue weighted by atomic mass is 10.1. The summed E-state index contributed by atoms with van der Waals surface area (Å²) in [6.07, 6.45) is 4.57. The number of fused-ring (bicyclic) bond motifs is 1. The summed E-state index contributed by atoms with van der Waals surface area (Å²) in [7, 11) is 0.